The number of methoxy groups -OCH3 is 1. The zero-order valence-electron chi connectivity index (χ0n) is 11.5. The summed E-state index contributed by atoms with van der Waals surface area (Å²) in [6, 6.07) is 4.91. The van der Waals surface area contributed by atoms with Crippen molar-refractivity contribution < 1.29 is 9.53 Å². The van der Waals surface area contributed by atoms with Crippen LogP contribution in [0.5, 0.6) is 5.75 Å². The Kier molecular flexibility index (Phi) is 4.24. The van der Waals surface area contributed by atoms with Crippen molar-refractivity contribution in [3.8, 4) is 5.75 Å². The lowest BCUT2D eigenvalue weighted by Gasteiger charge is -2.17. The van der Waals surface area contributed by atoms with Gasteiger partial charge in [0.1, 0.15) is 11.6 Å². The molecule has 7 heteroatoms. The minimum absolute atomic E-state index is 0.180. The van der Waals surface area contributed by atoms with E-state index >= 15 is 0 Å². The first kappa shape index (κ1) is 14.3. The van der Waals surface area contributed by atoms with Crippen molar-refractivity contribution in [2.24, 2.45) is 0 Å². The highest BCUT2D eigenvalue weighted by molar-refractivity contribution is 6.30. The minimum Gasteiger partial charge on any atom is -0.496 e. The summed E-state index contributed by atoms with van der Waals surface area (Å²) in [7, 11) is 3.18. The molecule has 0 aliphatic carbocycles. The van der Waals surface area contributed by atoms with Gasteiger partial charge < -0.3 is 9.64 Å². The number of rotatable bonds is 4. The lowest BCUT2D eigenvalue weighted by molar-refractivity contribution is 0.0778. The van der Waals surface area contributed by atoms with Gasteiger partial charge in [-0.05, 0) is 25.1 Å². The van der Waals surface area contributed by atoms with Crippen LogP contribution in [0.25, 0.3) is 0 Å². The molecule has 0 bridgehead atoms. The number of amides is 1. The number of H-pyrrole nitrogens is 1. The van der Waals surface area contributed by atoms with E-state index in [4.69, 9.17) is 16.3 Å². The first-order chi connectivity index (χ1) is 9.51. The average molecular weight is 295 g/mol. The molecule has 0 unspecified atom stereocenters. The van der Waals surface area contributed by atoms with Gasteiger partial charge in [-0.2, -0.15) is 5.10 Å². The standard InChI is InChI=1S/C13H15ClN4O2/c1-8-15-12(17-16-8)7-18(2)13(19)10-5-4-9(14)6-11(10)20-3/h4-6H,7H2,1-3H3,(H,15,16,17). The average Bonchev–Trinajstić information content (AvgIpc) is 2.83. The Bertz CT molecular complexity index is 627. The van der Waals surface area contributed by atoms with Crippen LogP contribution in [0.15, 0.2) is 18.2 Å². The predicted octanol–water partition coefficient (Wildman–Crippen LogP) is 2.05. The highest BCUT2D eigenvalue weighted by Gasteiger charge is 2.18. The van der Waals surface area contributed by atoms with E-state index < -0.39 is 0 Å². The summed E-state index contributed by atoms with van der Waals surface area (Å²) in [4.78, 5) is 18.1. The number of ether oxygens (including phenoxy) is 1. The Morgan fingerprint density at radius 1 is 1.50 bits per heavy atom. The largest absolute Gasteiger partial charge is 0.496 e. The lowest BCUT2D eigenvalue weighted by atomic mass is 10.1. The summed E-state index contributed by atoms with van der Waals surface area (Å²) < 4.78 is 5.18. The number of benzene rings is 1. The third-order valence-electron chi connectivity index (χ3n) is 2.76. The van der Waals surface area contributed by atoms with Crippen molar-refractivity contribution in [3.05, 3.63) is 40.4 Å². The minimum atomic E-state index is -0.180. The van der Waals surface area contributed by atoms with E-state index in [1.54, 1.807) is 32.2 Å². The van der Waals surface area contributed by atoms with E-state index in [9.17, 15) is 4.79 Å². The molecule has 0 saturated carbocycles. The van der Waals surface area contributed by atoms with Gasteiger partial charge in [0.2, 0.25) is 0 Å². The van der Waals surface area contributed by atoms with Gasteiger partial charge in [0.25, 0.3) is 5.91 Å². The summed E-state index contributed by atoms with van der Waals surface area (Å²) in [6.45, 7) is 2.12. The number of halogens is 1. The zero-order chi connectivity index (χ0) is 14.7. The quantitative estimate of drug-likeness (QED) is 0.937. The maximum Gasteiger partial charge on any atom is 0.257 e. The maximum absolute atomic E-state index is 12.4. The lowest BCUT2D eigenvalue weighted by Crippen LogP contribution is -2.27. The molecule has 1 aromatic carbocycles. The maximum atomic E-state index is 12.4. The third kappa shape index (κ3) is 3.08. The molecule has 106 valence electrons. The van der Waals surface area contributed by atoms with E-state index in [0.717, 1.165) is 0 Å². The van der Waals surface area contributed by atoms with Gasteiger partial charge in [0, 0.05) is 12.1 Å². The molecule has 6 nitrogen and oxygen atoms in total. The molecule has 1 aromatic heterocycles. The SMILES string of the molecule is COc1cc(Cl)ccc1C(=O)N(C)Cc1n[nH]c(C)n1. The molecular weight excluding hydrogens is 280 g/mol. The monoisotopic (exact) mass is 294 g/mol. The molecule has 0 aliphatic rings. The van der Waals surface area contributed by atoms with Crippen molar-refractivity contribution in [1.82, 2.24) is 20.1 Å². The van der Waals surface area contributed by atoms with Gasteiger partial charge in [0.15, 0.2) is 5.82 Å². The van der Waals surface area contributed by atoms with Crippen LogP contribution in [-0.4, -0.2) is 40.1 Å². The van der Waals surface area contributed by atoms with Gasteiger partial charge in [-0.25, -0.2) is 4.98 Å². The Hall–Kier alpha value is -2.08. The molecule has 0 radical (unpaired) electrons. The second-order valence-corrected chi connectivity index (χ2v) is 4.78. The van der Waals surface area contributed by atoms with Crippen LogP contribution in [-0.2, 0) is 6.54 Å². The molecular formula is C13H15ClN4O2. The van der Waals surface area contributed by atoms with Crippen LogP contribution >= 0.6 is 11.6 Å². The second kappa shape index (κ2) is 5.92. The van der Waals surface area contributed by atoms with E-state index in [-0.39, 0.29) is 5.91 Å². The highest BCUT2D eigenvalue weighted by Crippen LogP contribution is 2.24. The zero-order valence-corrected chi connectivity index (χ0v) is 12.2. The van der Waals surface area contributed by atoms with Crippen LogP contribution in [0.1, 0.15) is 22.0 Å². The van der Waals surface area contributed by atoms with Crippen molar-refractivity contribution in [2.45, 2.75) is 13.5 Å². The molecule has 0 aliphatic heterocycles. The van der Waals surface area contributed by atoms with Crippen molar-refractivity contribution >= 4 is 17.5 Å². The number of hydrogen-bond donors (Lipinski definition) is 1. The van der Waals surface area contributed by atoms with Crippen LogP contribution in [0.3, 0.4) is 0 Å². The molecule has 0 atom stereocenters. The van der Waals surface area contributed by atoms with Crippen LogP contribution in [0, 0.1) is 6.92 Å². The van der Waals surface area contributed by atoms with E-state index in [1.165, 1.54) is 12.0 Å². The second-order valence-electron chi connectivity index (χ2n) is 4.34. The first-order valence-corrected chi connectivity index (χ1v) is 6.36. The van der Waals surface area contributed by atoms with Crippen molar-refractivity contribution in [3.63, 3.8) is 0 Å². The Morgan fingerprint density at radius 3 is 2.85 bits per heavy atom. The molecule has 1 amide bonds. The number of aromatic nitrogens is 3. The first-order valence-electron chi connectivity index (χ1n) is 5.98. The molecule has 0 spiro atoms. The number of nitrogens with zero attached hydrogens (tertiary/aromatic N) is 3. The summed E-state index contributed by atoms with van der Waals surface area (Å²) in [5, 5.41) is 7.27. The van der Waals surface area contributed by atoms with Crippen molar-refractivity contribution in [1.29, 1.82) is 0 Å². The molecule has 1 heterocycles. The fraction of sp³-hybridized carbons (Fsp3) is 0.308. The van der Waals surface area contributed by atoms with Gasteiger partial charge in [-0.1, -0.05) is 11.6 Å². The predicted molar refractivity (Wildman–Crippen MR) is 74.9 cm³/mol. The summed E-state index contributed by atoms with van der Waals surface area (Å²) >= 11 is 5.88. The fourth-order valence-electron chi connectivity index (χ4n) is 1.79. The summed E-state index contributed by atoms with van der Waals surface area (Å²) in [5.41, 5.74) is 0.451. The van der Waals surface area contributed by atoms with Gasteiger partial charge >= 0.3 is 0 Å². The molecule has 20 heavy (non-hydrogen) atoms. The highest BCUT2D eigenvalue weighted by atomic mass is 35.5. The molecule has 2 aromatic rings. The number of aryl methyl sites for hydroxylation is 1. The third-order valence-corrected chi connectivity index (χ3v) is 3.00. The Labute approximate surface area is 121 Å². The number of nitrogens with one attached hydrogen (secondary N) is 1. The van der Waals surface area contributed by atoms with E-state index in [0.29, 0.717) is 34.5 Å². The normalized spacial score (nSPS) is 10.4. The number of carbonyl (C=O) groups is 1. The van der Waals surface area contributed by atoms with Gasteiger partial charge in [-0.15, -0.1) is 0 Å². The Morgan fingerprint density at radius 2 is 2.25 bits per heavy atom. The number of carbonyl (C=O) groups excluding carboxylic acids is 1. The van der Waals surface area contributed by atoms with Gasteiger partial charge in [0.05, 0.1) is 19.2 Å². The van der Waals surface area contributed by atoms with E-state index in [1.807, 2.05) is 0 Å². The van der Waals surface area contributed by atoms with Crippen LogP contribution in [0.2, 0.25) is 5.02 Å². The molecule has 2 rings (SSSR count). The smallest absolute Gasteiger partial charge is 0.257 e. The van der Waals surface area contributed by atoms with Gasteiger partial charge in [-0.3, -0.25) is 9.89 Å². The van der Waals surface area contributed by atoms with Crippen molar-refractivity contribution in [2.75, 3.05) is 14.2 Å². The van der Waals surface area contributed by atoms with E-state index in [2.05, 4.69) is 15.2 Å². The summed E-state index contributed by atoms with van der Waals surface area (Å²) in [5.74, 6) is 1.54. The number of hydrogen-bond acceptors (Lipinski definition) is 4. The number of aromatic amines is 1. The van der Waals surface area contributed by atoms with Crippen LogP contribution < -0.4 is 4.74 Å². The molecule has 1 N–H and O–H groups in total. The Balaban J connectivity index is 2.18. The summed E-state index contributed by atoms with van der Waals surface area (Å²) in [6.07, 6.45) is 0. The molecule has 0 saturated heterocycles. The topological polar surface area (TPSA) is 71.1 Å². The molecule has 0 fully saturated rings. The van der Waals surface area contributed by atoms with Crippen LogP contribution in [0.4, 0.5) is 0 Å². The fourth-order valence-corrected chi connectivity index (χ4v) is 1.95.